The molecule has 3 heteroatoms. The lowest BCUT2D eigenvalue weighted by Crippen LogP contribution is -1.94. The molecule has 0 aliphatic rings. The molecule has 0 saturated heterocycles. The van der Waals surface area contributed by atoms with Crippen molar-refractivity contribution in [2.24, 2.45) is 0 Å². The van der Waals surface area contributed by atoms with E-state index in [-0.39, 0.29) is 5.56 Å². The average Bonchev–Trinajstić information content (AvgIpc) is 2.19. The first-order valence-electron chi connectivity index (χ1n) is 4.28. The number of carbonyl (C=O) groups is 1. The Balaban J connectivity index is 2.59. The van der Waals surface area contributed by atoms with Crippen molar-refractivity contribution < 1.29 is 13.9 Å². The molecule has 0 aromatic heterocycles. The van der Waals surface area contributed by atoms with Crippen LogP contribution in [0.1, 0.15) is 17.3 Å². The smallest absolute Gasteiger partial charge is 0.332 e. The molecule has 0 unspecified atom stereocenters. The lowest BCUT2D eigenvalue weighted by atomic mass is 10.2. The number of rotatable bonds is 4. The van der Waals surface area contributed by atoms with E-state index in [1.165, 1.54) is 12.1 Å². The number of benzene rings is 1. The molecule has 0 saturated carbocycles. The predicted octanol–water partition coefficient (Wildman–Crippen LogP) is 2.75. The molecule has 0 amide bonds. The van der Waals surface area contributed by atoms with Crippen molar-refractivity contribution in [2.75, 3.05) is 6.61 Å². The third-order valence-corrected chi connectivity index (χ3v) is 1.66. The number of hydrogen-bond donors (Lipinski definition) is 0. The Morgan fingerprint density at radius 2 is 2.07 bits per heavy atom. The topological polar surface area (TPSA) is 26.3 Å². The minimum Gasteiger partial charge on any atom is -0.490 e. The van der Waals surface area contributed by atoms with Gasteiger partial charge in [0.15, 0.2) is 0 Å². The molecule has 0 aliphatic heterocycles. The Bertz CT molecular complexity index is 328. The zero-order valence-corrected chi connectivity index (χ0v) is 7.87. The molecule has 0 N–H and O–H groups in total. The Kier molecular flexibility index (Phi) is 3.85. The second-order valence-corrected chi connectivity index (χ2v) is 2.68. The van der Waals surface area contributed by atoms with Gasteiger partial charge in [0, 0.05) is 0 Å². The summed E-state index contributed by atoms with van der Waals surface area (Å²) in [4.78, 5) is 10.3. The summed E-state index contributed by atoms with van der Waals surface area (Å²) in [6, 6.07) is 4.50. The highest BCUT2D eigenvalue weighted by molar-refractivity contribution is 5.88. The maximum Gasteiger partial charge on any atom is 0.332 e. The van der Waals surface area contributed by atoms with E-state index in [0.717, 1.165) is 0 Å². The Hall–Kier alpha value is -1.64. The van der Waals surface area contributed by atoms with Crippen LogP contribution in [0.5, 0.6) is 5.75 Å². The lowest BCUT2D eigenvalue weighted by Gasteiger charge is -2.02. The van der Waals surface area contributed by atoms with Crippen LogP contribution in [0.2, 0.25) is 0 Å². The Morgan fingerprint density at radius 1 is 1.43 bits per heavy atom. The molecule has 0 aliphatic carbocycles. The van der Waals surface area contributed by atoms with Crippen molar-refractivity contribution in [2.45, 2.75) is 6.92 Å². The van der Waals surface area contributed by atoms with Gasteiger partial charge in [-0.2, -0.15) is 4.39 Å². The Morgan fingerprint density at radius 3 is 2.57 bits per heavy atom. The van der Waals surface area contributed by atoms with Gasteiger partial charge in [-0.25, -0.2) is 0 Å². The molecular weight excluding hydrogens is 183 g/mol. The summed E-state index contributed by atoms with van der Waals surface area (Å²) < 4.78 is 17.4. The van der Waals surface area contributed by atoms with Crippen LogP contribution in [0, 0.1) is 0 Å². The molecule has 74 valence electrons. The van der Waals surface area contributed by atoms with Crippen molar-refractivity contribution in [3.05, 3.63) is 42.0 Å². The van der Waals surface area contributed by atoms with Gasteiger partial charge in [0.2, 0.25) is 0 Å². The minimum atomic E-state index is -1.43. The van der Waals surface area contributed by atoms with Gasteiger partial charge in [-0.05, 0) is 31.2 Å². The number of ether oxygens (including phenoxy) is 1. The second kappa shape index (κ2) is 5.17. The first kappa shape index (κ1) is 10.4. The monoisotopic (exact) mass is 194 g/mol. The maximum atomic E-state index is 12.2. The summed E-state index contributed by atoms with van der Waals surface area (Å²) in [5.74, 6) is 0.619. The van der Waals surface area contributed by atoms with Gasteiger partial charge in [-0.3, -0.25) is 4.79 Å². The quantitative estimate of drug-likeness (QED) is 0.544. The fourth-order valence-electron chi connectivity index (χ4n) is 0.923. The maximum absolute atomic E-state index is 12.2. The summed E-state index contributed by atoms with van der Waals surface area (Å²) in [5.41, 5.74) is 0.0448. The van der Waals surface area contributed by atoms with Crippen LogP contribution in [-0.4, -0.2) is 12.6 Å². The molecule has 1 rings (SSSR count). The zero-order valence-electron chi connectivity index (χ0n) is 7.87. The summed E-state index contributed by atoms with van der Waals surface area (Å²) >= 11 is 0. The van der Waals surface area contributed by atoms with E-state index in [1.54, 1.807) is 12.1 Å². The van der Waals surface area contributed by atoms with Crippen molar-refractivity contribution in [3.63, 3.8) is 0 Å². The van der Waals surface area contributed by atoms with Crippen LogP contribution < -0.4 is 4.74 Å². The number of allylic oxidation sites excluding steroid dienone is 1. The summed E-state index contributed by atoms with van der Waals surface area (Å²) in [6.07, 6.45) is 3.73. The van der Waals surface area contributed by atoms with Gasteiger partial charge in [-0.15, -0.1) is 0 Å². The Labute approximate surface area is 82.0 Å². The van der Waals surface area contributed by atoms with Gasteiger partial charge in [-0.1, -0.05) is 12.2 Å². The molecule has 0 radical (unpaired) electrons. The van der Waals surface area contributed by atoms with Crippen molar-refractivity contribution in [1.29, 1.82) is 0 Å². The summed E-state index contributed by atoms with van der Waals surface area (Å²) in [5, 5.41) is 0. The predicted molar refractivity (Wildman–Crippen MR) is 52.2 cm³/mol. The zero-order chi connectivity index (χ0) is 10.4. The first-order chi connectivity index (χ1) is 6.74. The highest BCUT2D eigenvalue weighted by Crippen LogP contribution is 2.12. The van der Waals surface area contributed by atoms with Gasteiger partial charge in [0.05, 0.1) is 5.56 Å². The van der Waals surface area contributed by atoms with Crippen LogP contribution in [-0.2, 0) is 0 Å². The number of carbonyl (C=O) groups excluding carboxylic acids is 1. The fraction of sp³-hybridized carbons (Fsp3) is 0.182. The van der Waals surface area contributed by atoms with E-state index in [4.69, 9.17) is 4.74 Å². The molecule has 0 heterocycles. The van der Waals surface area contributed by atoms with Gasteiger partial charge in [0.1, 0.15) is 12.4 Å². The molecule has 0 atom stereocenters. The van der Waals surface area contributed by atoms with E-state index < -0.39 is 6.04 Å². The van der Waals surface area contributed by atoms with Gasteiger partial charge >= 0.3 is 6.04 Å². The molecule has 0 fully saturated rings. The largest absolute Gasteiger partial charge is 0.490 e. The van der Waals surface area contributed by atoms with Crippen LogP contribution >= 0.6 is 0 Å². The van der Waals surface area contributed by atoms with Gasteiger partial charge in [0.25, 0.3) is 0 Å². The molecule has 0 bridgehead atoms. The average molecular weight is 194 g/mol. The molecule has 14 heavy (non-hydrogen) atoms. The van der Waals surface area contributed by atoms with Crippen molar-refractivity contribution >= 4 is 6.04 Å². The highest BCUT2D eigenvalue weighted by atomic mass is 19.1. The highest BCUT2D eigenvalue weighted by Gasteiger charge is 2.02. The van der Waals surface area contributed by atoms with Crippen LogP contribution in [0.15, 0.2) is 36.4 Å². The standard InChI is InChI=1S/C11H11FO2/c1-2-3-8-14-10-6-4-9(5-7-10)11(12)13/h2-7H,8H2,1H3. The SMILES string of the molecule is CC=CCOc1ccc(C(=O)F)cc1. The van der Waals surface area contributed by atoms with Gasteiger partial charge < -0.3 is 4.74 Å². The second-order valence-electron chi connectivity index (χ2n) is 2.68. The summed E-state index contributed by atoms with van der Waals surface area (Å²) in [7, 11) is 0. The van der Waals surface area contributed by atoms with E-state index in [2.05, 4.69) is 0 Å². The molecular formula is C11H11FO2. The van der Waals surface area contributed by atoms with Crippen LogP contribution in [0.25, 0.3) is 0 Å². The van der Waals surface area contributed by atoms with E-state index in [1.807, 2.05) is 19.1 Å². The van der Waals surface area contributed by atoms with Crippen LogP contribution in [0.4, 0.5) is 4.39 Å². The van der Waals surface area contributed by atoms with E-state index in [9.17, 15) is 9.18 Å². The first-order valence-corrected chi connectivity index (χ1v) is 4.28. The van der Waals surface area contributed by atoms with E-state index >= 15 is 0 Å². The summed E-state index contributed by atoms with van der Waals surface area (Å²) in [6.45, 7) is 2.37. The van der Waals surface area contributed by atoms with Crippen molar-refractivity contribution in [1.82, 2.24) is 0 Å². The molecule has 1 aromatic carbocycles. The normalized spacial score (nSPS) is 10.4. The third kappa shape index (κ3) is 3.01. The third-order valence-electron chi connectivity index (χ3n) is 1.66. The number of hydrogen-bond acceptors (Lipinski definition) is 2. The minimum absolute atomic E-state index is 0.0448. The molecule has 1 aromatic rings. The van der Waals surface area contributed by atoms with E-state index in [0.29, 0.717) is 12.4 Å². The van der Waals surface area contributed by atoms with Crippen molar-refractivity contribution in [3.8, 4) is 5.75 Å². The number of halogens is 1. The molecule has 2 nitrogen and oxygen atoms in total. The molecule has 0 spiro atoms. The van der Waals surface area contributed by atoms with Crippen LogP contribution in [0.3, 0.4) is 0 Å². The lowest BCUT2D eigenvalue weighted by molar-refractivity contribution is 0.0836. The fourth-order valence-corrected chi connectivity index (χ4v) is 0.923.